The maximum Gasteiger partial charge on any atom is 0.217 e. The number of carbonyl (C=O) groups is 1. The average molecular weight is 185 g/mol. The van der Waals surface area contributed by atoms with E-state index in [2.05, 4.69) is 10.2 Å². The van der Waals surface area contributed by atoms with Crippen LogP contribution in [0.25, 0.3) is 0 Å². The van der Waals surface area contributed by atoms with Gasteiger partial charge in [0, 0.05) is 20.0 Å². The SMILES string of the molecule is CC(=O)NCN1CCC(CN)CC1. The zero-order valence-electron chi connectivity index (χ0n) is 8.25. The summed E-state index contributed by atoms with van der Waals surface area (Å²) < 4.78 is 0. The van der Waals surface area contributed by atoms with Gasteiger partial charge in [-0.05, 0) is 25.3 Å². The third kappa shape index (κ3) is 3.74. The molecule has 1 aliphatic rings. The molecule has 1 rings (SSSR count). The fourth-order valence-electron chi connectivity index (χ4n) is 1.60. The van der Waals surface area contributed by atoms with E-state index in [0.717, 1.165) is 32.5 Å². The number of rotatable bonds is 3. The van der Waals surface area contributed by atoms with Gasteiger partial charge >= 0.3 is 0 Å². The summed E-state index contributed by atoms with van der Waals surface area (Å²) in [6.45, 7) is 5.15. The number of carbonyl (C=O) groups excluding carboxylic acids is 1. The van der Waals surface area contributed by atoms with Gasteiger partial charge in [0.2, 0.25) is 5.91 Å². The molecule has 0 atom stereocenters. The fraction of sp³-hybridized carbons (Fsp3) is 0.889. The van der Waals surface area contributed by atoms with Crippen LogP contribution < -0.4 is 11.1 Å². The summed E-state index contributed by atoms with van der Waals surface area (Å²) in [5, 5.41) is 2.80. The minimum atomic E-state index is 0.0425. The molecule has 76 valence electrons. The molecule has 13 heavy (non-hydrogen) atoms. The summed E-state index contributed by atoms with van der Waals surface area (Å²) in [5.41, 5.74) is 5.58. The second kappa shape index (κ2) is 5.19. The first-order chi connectivity index (χ1) is 6.22. The van der Waals surface area contributed by atoms with E-state index < -0.39 is 0 Å². The third-order valence-electron chi connectivity index (χ3n) is 2.59. The predicted octanol–water partition coefficient (Wildman–Crippen LogP) is -0.249. The van der Waals surface area contributed by atoms with E-state index in [9.17, 15) is 4.79 Å². The molecule has 0 saturated carbocycles. The molecule has 0 aromatic carbocycles. The maximum absolute atomic E-state index is 10.6. The molecule has 0 aromatic rings. The highest BCUT2D eigenvalue weighted by atomic mass is 16.1. The van der Waals surface area contributed by atoms with Gasteiger partial charge in [-0.25, -0.2) is 0 Å². The quantitative estimate of drug-likeness (QED) is 0.637. The average Bonchev–Trinajstić information content (AvgIpc) is 2.15. The van der Waals surface area contributed by atoms with Gasteiger partial charge in [0.25, 0.3) is 0 Å². The van der Waals surface area contributed by atoms with E-state index in [1.165, 1.54) is 0 Å². The molecule has 0 radical (unpaired) electrons. The molecule has 1 aliphatic heterocycles. The summed E-state index contributed by atoms with van der Waals surface area (Å²) in [7, 11) is 0. The van der Waals surface area contributed by atoms with Gasteiger partial charge in [-0.2, -0.15) is 0 Å². The van der Waals surface area contributed by atoms with Crippen LogP contribution in [-0.2, 0) is 4.79 Å². The molecule has 1 saturated heterocycles. The van der Waals surface area contributed by atoms with E-state index >= 15 is 0 Å². The van der Waals surface area contributed by atoms with Crippen LogP contribution in [-0.4, -0.2) is 37.1 Å². The first-order valence-electron chi connectivity index (χ1n) is 4.89. The Labute approximate surface area is 79.5 Å². The Bertz CT molecular complexity index is 164. The predicted molar refractivity (Wildman–Crippen MR) is 52.0 cm³/mol. The Morgan fingerprint density at radius 3 is 2.62 bits per heavy atom. The van der Waals surface area contributed by atoms with Gasteiger partial charge < -0.3 is 11.1 Å². The molecule has 1 amide bonds. The van der Waals surface area contributed by atoms with Crippen LogP contribution in [0.1, 0.15) is 19.8 Å². The van der Waals surface area contributed by atoms with E-state index in [4.69, 9.17) is 5.73 Å². The first kappa shape index (κ1) is 10.5. The Kier molecular flexibility index (Phi) is 4.18. The molecule has 0 unspecified atom stereocenters. The summed E-state index contributed by atoms with van der Waals surface area (Å²) >= 11 is 0. The molecule has 0 bridgehead atoms. The van der Waals surface area contributed by atoms with Gasteiger partial charge in [0.1, 0.15) is 0 Å². The molecule has 0 aliphatic carbocycles. The highest BCUT2D eigenvalue weighted by molar-refractivity contribution is 5.72. The standard InChI is InChI=1S/C9H19N3O/c1-8(13)11-7-12-4-2-9(6-10)3-5-12/h9H,2-7,10H2,1H3,(H,11,13). The minimum absolute atomic E-state index is 0.0425. The van der Waals surface area contributed by atoms with Crippen molar-refractivity contribution < 1.29 is 4.79 Å². The molecule has 0 aromatic heterocycles. The van der Waals surface area contributed by atoms with Crippen molar-refractivity contribution in [3.8, 4) is 0 Å². The van der Waals surface area contributed by atoms with Crippen LogP contribution in [0.4, 0.5) is 0 Å². The van der Waals surface area contributed by atoms with Crippen LogP contribution in [0, 0.1) is 5.92 Å². The highest BCUT2D eigenvalue weighted by Gasteiger charge is 2.17. The molecule has 4 heteroatoms. The van der Waals surface area contributed by atoms with Gasteiger partial charge in [-0.1, -0.05) is 0 Å². The van der Waals surface area contributed by atoms with Crippen molar-refractivity contribution in [2.24, 2.45) is 11.7 Å². The van der Waals surface area contributed by atoms with Gasteiger partial charge in [-0.3, -0.25) is 9.69 Å². The highest BCUT2D eigenvalue weighted by Crippen LogP contribution is 2.14. The van der Waals surface area contributed by atoms with Crippen molar-refractivity contribution in [3.05, 3.63) is 0 Å². The van der Waals surface area contributed by atoms with Crippen LogP contribution in [0.5, 0.6) is 0 Å². The third-order valence-corrected chi connectivity index (χ3v) is 2.59. The number of nitrogens with zero attached hydrogens (tertiary/aromatic N) is 1. The summed E-state index contributed by atoms with van der Waals surface area (Å²) in [4.78, 5) is 12.9. The normalized spacial score (nSPS) is 20.2. The Morgan fingerprint density at radius 1 is 1.54 bits per heavy atom. The largest absolute Gasteiger partial charge is 0.344 e. The lowest BCUT2D eigenvalue weighted by Gasteiger charge is -2.31. The number of hydrogen-bond donors (Lipinski definition) is 2. The topological polar surface area (TPSA) is 58.4 Å². The Hall–Kier alpha value is -0.610. The number of nitrogens with two attached hydrogens (primary N) is 1. The number of amides is 1. The molecule has 4 nitrogen and oxygen atoms in total. The minimum Gasteiger partial charge on any atom is -0.344 e. The number of likely N-dealkylation sites (tertiary alicyclic amines) is 1. The monoisotopic (exact) mass is 185 g/mol. The number of piperidine rings is 1. The zero-order chi connectivity index (χ0) is 9.68. The summed E-state index contributed by atoms with van der Waals surface area (Å²) in [6, 6.07) is 0. The van der Waals surface area contributed by atoms with Gasteiger partial charge in [0.15, 0.2) is 0 Å². The molecule has 0 spiro atoms. The Morgan fingerprint density at radius 2 is 2.15 bits per heavy atom. The first-order valence-corrected chi connectivity index (χ1v) is 4.89. The number of hydrogen-bond acceptors (Lipinski definition) is 3. The smallest absolute Gasteiger partial charge is 0.217 e. The van der Waals surface area contributed by atoms with Crippen molar-refractivity contribution >= 4 is 5.91 Å². The van der Waals surface area contributed by atoms with E-state index in [-0.39, 0.29) is 5.91 Å². The van der Waals surface area contributed by atoms with E-state index in [1.54, 1.807) is 6.92 Å². The van der Waals surface area contributed by atoms with Crippen molar-refractivity contribution in [2.45, 2.75) is 19.8 Å². The van der Waals surface area contributed by atoms with E-state index in [1.807, 2.05) is 0 Å². The lowest BCUT2D eigenvalue weighted by atomic mass is 9.97. The van der Waals surface area contributed by atoms with Gasteiger partial charge in [-0.15, -0.1) is 0 Å². The summed E-state index contributed by atoms with van der Waals surface area (Å²) in [5.74, 6) is 0.731. The zero-order valence-corrected chi connectivity index (χ0v) is 8.25. The lowest BCUT2D eigenvalue weighted by Crippen LogP contribution is -2.42. The van der Waals surface area contributed by atoms with Crippen LogP contribution in [0.15, 0.2) is 0 Å². The maximum atomic E-state index is 10.6. The van der Waals surface area contributed by atoms with Crippen molar-refractivity contribution in [1.82, 2.24) is 10.2 Å². The van der Waals surface area contributed by atoms with E-state index in [0.29, 0.717) is 12.6 Å². The van der Waals surface area contributed by atoms with Crippen molar-refractivity contribution in [3.63, 3.8) is 0 Å². The van der Waals surface area contributed by atoms with Crippen molar-refractivity contribution in [1.29, 1.82) is 0 Å². The fourth-order valence-corrected chi connectivity index (χ4v) is 1.60. The molecular formula is C9H19N3O. The lowest BCUT2D eigenvalue weighted by molar-refractivity contribution is -0.119. The molecule has 1 heterocycles. The van der Waals surface area contributed by atoms with Crippen LogP contribution >= 0.6 is 0 Å². The molecule has 1 fully saturated rings. The number of nitrogens with one attached hydrogen (secondary N) is 1. The van der Waals surface area contributed by atoms with Gasteiger partial charge in [0.05, 0.1) is 6.67 Å². The Balaban J connectivity index is 2.14. The second-order valence-electron chi connectivity index (χ2n) is 3.69. The van der Waals surface area contributed by atoms with Crippen LogP contribution in [0.3, 0.4) is 0 Å². The summed E-state index contributed by atoms with van der Waals surface area (Å²) in [6.07, 6.45) is 2.33. The second-order valence-corrected chi connectivity index (χ2v) is 3.69. The van der Waals surface area contributed by atoms with Crippen molar-refractivity contribution in [2.75, 3.05) is 26.3 Å². The molecular weight excluding hydrogens is 166 g/mol. The van der Waals surface area contributed by atoms with Crippen LogP contribution in [0.2, 0.25) is 0 Å². The molecule has 3 N–H and O–H groups in total.